The van der Waals surface area contributed by atoms with E-state index in [1.807, 2.05) is 0 Å². The lowest BCUT2D eigenvalue weighted by molar-refractivity contribution is -0.167. The Morgan fingerprint density at radius 3 is 0.875 bits per heavy atom. The fraction of sp³-hybridized carbons (Fsp3) is 0.940. The van der Waals surface area contributed by atoms with E-state index >= 15 is 0 Å². The highest BCUT2D eigenvalue weighted by Gasteiger charge is 2.19. The third kappa shape index (κ3) is 43.5. The Morgan fingerprint density at radius 2 is 0.589 bits per heavy atom. The Bertz CT molecular complexity index is 854. The molecule has 0 aliphatic heterocycles. The van der Waals surface area contributed by atoms with Crippen LogP contribution in [0.25, 0.3) is 0 Å². The lowest BCUT2D eigenvalue weighted by atomic mass is 10.0. The van der Waals surface area contributed by atoms with Crippen LogP contribution in [0.15, 0.2) is 0 Å². The van der Waals surface area contributed by atoms with Gasteiger partial charge in [-0.3, -0.25) is 14.4 Å². The minimum absolute atomic E-state index is 0.0662. The summed E-state index contributed by atoms with van der Waals surface area (Å²) in [6.07, 6.45) is 42.6. The molecule has 332 valence electrons. The first-order valence-corrected chi connectivity index (χ1v) is 24.7. The van der Waals surface area contributed by atoms with Crippen LogP contribution in [0, 0.1) is 11.8 Å². The average Bonchev–Trinajstić information content (AvgIpc) is 3.16. The Balaban J connectivity index is 4.22. The van der Waals surface area contributed by atoms with Crippen LogP contribution in [0.5, 0.6) is 0 Å². The zero-order valence-corrected chi connectivity index (χ0v) is 38.3. The van der Waals surface area contributed by atoms with Gasteiger partial charge in [-0.25, -0.2) is 0 Å². The quantitative estimate of drug-likeness (QED) is 0.0347. The topological polar surface area (TPSA) is 78.9 Å². The number of hydrogen-bond acceptors (Lipinski definition) is 6. The lowest BCUT2D eigenvalue weighted by Crippen LogP contribution is -2.30. The van der Waals surface area contributed by atoms with Gasteiger partial charge in [0.2, 0.25) is 0 Å². The maximum atomic E-state index is 12.7. The maximum absolute atomic E-state index is 12.7. The standard InChI is InChI=1S/C50H96O6/c1-6-7-8-9-10-11-12-13-14-15-16-17-18-19-20-21-24-32-37-42-50(53)56-47(44-55-49(52)41-36-31-27-26-29-34-39-46(4)5)43-54-48(51)40-35-30-25-22-23-28-33-38-45(2)3/h45-47H,6-44H2,1-5H3/t47-/m0/s1. The van der Waals surface area contributed by atoms with E-state index in [0.29, 0.717) is 19.3 Å². The minimum atomic E-state index is -0.762. The smallest absolute Gasteiger partial charge is 0.306 e. The van der Waals surface area contributed by atoms with Crippen molar-refractivity contribution in [2.75, 3.05) is 13.2 Å². The average molecular weight is 793 g/mol. The molecule has 0 unspecified atom stereocenters. The summed E-state index contributed by atoms with van der Waals surface area (Å²) in [4.78, 5) is 37.7. The molecule has 0 aromatic heterocycles. The summed E-state index contributed by atoms with van der Waals surface area (Å²) in [5.41, 5.74) is 0. The normalized spacial score (nSPS) is 12.1. The predicted molar refractivity (Wildman–Crippen MR) is 238 cm³/mol. The first-order valence-electron chi connectivity index (χ1n) is 24.7. The summed E-state index contributed by atoms with van der Waals surface area (Å²) >= 11 is 0. The second-order valence-electron chi connectivity index (χ2n) is 18.1. The molecule has 0 aliphatic rings. The van der Waals surface area contributed by atoms with Gasteiger partial charge in [0.25, 0.3) is 0 Å². The molecular weight excluding hydrogens is 697 g/mol. The lowest BCUT2D eigenvalue weighted by Gasteiger charge is -2.18. The number of hydrogen-bond donors (Lipinski definition) is 0. The van der Waals surface area contributed by atoms with Crippen molar-refractivity contribution >= 4 is 17.9 Å². The highest BCUT2D eigenvalue weighted by Crippen LogP contribution is 2.17. The van der Waals surface area contributed by atoms with Gasteiger partial charge in [0, 0.05) is 19.3 Å². The van der Waals surface area contributed by atoms with Gasteiger partial charge >= 0.3 is 17.9 Å². The molecule has 6 nitrogen and oxygen atoms in total. The van der Waals surface area contributed by atoms with Gasteiger partial charge in [-0.2, -0.15) is 0 Å². The van der Waals surface area contributed by atoms with Crippen molar-refractivity contribution in [1.29, 1.82) is 0 Å². The van der Waals surface area contributed by atoms with E-state index in [1.54, 1.807) is 0 Å². The fourth-order valence-electron chi connectivity index (χ4n) is 7.46. The molecule has 6 heteroatoms. The van der Waals surface area contributed by atoms with Crippen molar-refractivity contribution in [2.45, 2.75) is 278 Å². The summed E-state index contributed by atoms with van der Waals surface area (Å²) < 4.78 is 16.7. The van der Waals surface area contributed by atoms with Crippen LogP contribution in [0.4, 0.5) is 0 Å². The molecule has 0 saturated heterocycles. The number of carbonyl (C=O) groups excluding carboxylic acids is 3. The van der Waals surface area contributed by atoms with Crippen molar-refractivity contribution in [2.24, 2.45) is 11.8 Å². The van der Waals surface area contributed by atoms with Gasteiger partial charge < -0.3 is 14.2 Å². The van der Waals surface area contributed by atoms with E-state index in [1.165, 1.54) is 161 Å². The largest absolute Gasteiger partial charge is 0.462 e. The van der Waals surface area contributed by atoms with Crippen LogP contribution >= 0.6 is 0 Å². The van der Waals surface area contributed by atoms with Gasteiger partial charge in [-0.05, 0) is 31.1 Å². The molecule has 0 fully saturated rings. The van der Waals surface area contributed by atoms with Crippen LogP contribution in [0.1, 0.15) is 272 Å². The molecule has 56 heavy (non-hydrogen) atoms. The van der Waals surface area contributed by atoms with Crippen LogP contribution in [0.3, 0.4) is 0 Å². The highest BCUT2D eigenvalue weighted by molar-refractivity contribution is 5.71. The second kappa shape index (κ2) is 43.0. The Labute approximate surface area is 348 Å². The molecule has 0 heterocycles. The molecular formula is C50H96O6. The Kier molecular flexibility index (Phi) is 41.8. The molecule has 0 N–H and O–H groups in total. The number of ether oxygens (including phenoxy) is 3. The van der Waals surface area contributed by atoms with Crippen LogP contribution in [0.2, 0.25) is 0 Å². The van der Waals surface area contributed by atoms with Gasteiger partial charge in [-0.15, -0.1) is 0 Å². The maximum Gasteiger partial charge on any atom is 0.306 e. The number of rotatable bonds is 44. The molecule has 0 radical (unpaired) electrons. The van der Waals surface area contributed by atoms with E-state index in [9.17, 15) is 14.4 Å². The summed E-state index contributed by atoms with van der Waals surface area (Å²) in [5, 5.41) is 0. The van der Waals surface area contributed by atoms with E-state index in [4.69, 9.17) is 14.2 Å². The summed E-state index contributed by atoms with van der Waals surface area (Å²) in [6.45, 7) is 11.2. The van der Waals surface area contributed by atoms with E-state index in [0.717, 1.165) is 69.6 Å². The molecule has 0 aliphatic carbocycles. The van der Waals surface area contributed by atoms with Gasteiger partial charge in [0.15, 0.2) is 6.10 Å². The summed E-state index contributed by atoms with van der Waals surface area (Å²) in [5.74, 6) is 0.684. The van der Waals surface area contributed by atoms with Crippen LogP contribution in [-0.2, 0) is 28.6 Å². The molecule has 0 bridgehead atoms. The molecule has 0 amide bonds. The SMILES string of the molecule is CCCCCCCCCCCCCCCCCCCCCC(=O)O[C@@H](COC(=O)CCCCCCCCCC(C)C)COC(=O)CCCCCCCCC(C)C. The third-order valence-corrected chi connectivity index (χ3v) is 11.2. The Hall–Kier alpha value is -1.59. The van der Waals surface area contributed by atoms with Crippen molar-refractivity contribution in [3.8, 4) is 0 Å². The van der Waals surface area contributed by atoms with E-state index < -0.39 is 6.10 Å². The van der Waals surface area contributed by atoms with E-state index in [2.05, 4.69) is 34.6 Å². The zero-order chi connectivity index (χ0) is 41.2. The molecule has 0 aromatic rings. The van der Waals surface area contributed by atoms with E-state index in [-0.39, 0.29) is 31.1 Å². The van der Waals surface area contributed by atoms with Crippen molar-refractivity contribution in [3.05, 3.63) is 0 Å². The van der Waals surface area contributed by atoms with Crippen molar-refractivity contribution in [3.63, 3.8) is 0 Å². The third-order valence-electron chi connectivity index (χ3n) is 11.2. The number of carbonyl (C=O) groups is 3. The molecule has 0 spiro atoms. The summed E-state index contributed by atoms with van der Waals surface area (Å²) in [7, 11) is 0. The Morgan fingerprint density at radius 1 is 0.339 bits per heavy atom. The molecule has 0 rings (SSSR count). The number of unbranched alkanes of at least 4 members (excludes halogenated alkanes) is 29. The predicted octanol–water partition coefficient (Wildman–Crippen LogP) is 15.8. The van der Waals surface area contributed by atoms with Crippen LogP contribution in [-0.4, -0.2) is 37.2 Å². The first-order chi connectivity index (χ1) is 27.2. The highest BCUT2D eigenvalue weighted by atomic mass is 16.6. The van der Waals surface area contributed by atoms with Gasteiger partial charge in [0.05, 0.1) is 0 Å². The van der Waals surface area contributed by atoms with Crippen molar-refractivity contribution < 1.29 is 28.6 Å². The molecule has 1 atom stereocenters. The monoisotopic (exact) mass is 793 g/mol. The minimum Gasteiger partial charge on any atom is -0.462 e. The second-order valence-corrected chi connectivity index (χ2v) is 18.1. The van der Waals surface area contributed by atoms with Gasteiger partial charge in [0.1, 0.15) is 13.2 Å². The van der Waals surface area contributed by atoms with Crippen molar-refractivity contribution in [1.82, 2.24) is 0 Å². The van der Waals surface area contributed by atoms with Gasteiger partial charge in [-0.1, -0.05) is 234 Å². The molecule has 0 aromatic carbocycles. The fourth-order valence-corrected chi connectivity index (χ4v) is 7.46. The molecule has 0 saturated carbocycles. The first kappa shape index (κ1) is 54.4. The summed E-state index contributed by atoms with van der Waals surface area (Å²) in [6, 6.07) is 0. The zero-order valence-electron chi connectivity index (χ0n) is 38.3. The number of esters is 3. The van der Waals surface area contributed by atoms with Crippen LogP contribution < -0.4 is 0 Å².